The molecule has 2 aromatic carbocycles. The third-order valence-electron chi connectivity index (χ3n) is 9.33. The number of phenols is 1. The van der Waals surface area contributed by atoms with Gasteiger partial charge in [-0.05, 0) is 68.8 Å². The number of nitrogens with zero attached hydrogens (tertiary/aromatic N) is 3. The van der Waals surface area contributed by atoms with Crippen LogP contribution in [0.1, 0.15) is 27.9 Å². The molecule has 1 amide bonds. The number of amides is 1. The SMILES string of the molecule is CN(C)c1cc(CNc2nc(-c3ccc(F)cc3)cs2)c(O)c2c1C[C@H]1C[C@H]3C(N(C)C)C(O)=C(C(N)=O)C(=O)[C@@]3(O)C(O)=C1C2=O. The molecule has 246 valence electrons. The number of phenolic OH excluding ortho intramolecular Hbond substituents is 1. The van der Waals surface area contributed by atoms with Crippen LogP contribution in [0.25, 0.3) is 11.3 Å². The average molecular weight is 664 g/mol. The topological polar surface area (TPSA) is 190 Å². The molecule has 6 rings (SSSR count). The van der Waals surface area contributed by atoms with Gasteiger partial charge in [0, 0.05) is 54.3 Å². The summed E-state index contributed by atoms with van der Waals surface area (Å²) in [5.74, 6) is -7.32. The van der Waals surface area contributed by atoms with Gasteiger partial charge in [0.1, 0.15) is 28.7 Å². The average Bonchev–Trinajstić information content (AvgIpc) is 3.47. The first kappa shape index (κ1) is 32.2. The zero-order valence-electron chi connectivity index (χ0n) is 26.0. The number of aromatic hydroxyl groups is 1. The zero-order valence-corrected chi connectivity index (χ0v) is 26.9. The first-order valence-corrected chi connectivity index (χ1v) is 15.7. The van der Waals surface area contributed by atoms with E-state index in [9.17, 15) is 39.2 Å². The predicted molar refractivity (Wildman–Crippen MR) is 173 cm³/mol. The van der Waals surface area contributed by atoms with Gasteiger partial charge in [0.2, 0.25) is 5.78 Å². The highest BCUT2D eigenvalue weighted by atomic mass is 32.1. The van der Waals surface area contributed by atoms with E-state index in [0.29, 0.717) is 27.6 Å². The summed E-state index contributed by atoms with van der Waals surface area (Å²) in [5.41, 5.74) is 4.46. The molecule has 0 radical (unpaired) electrons. The van der Waals surface area contributed by atoms with E-state index in [1.54, 1.807) is 56.7 Å². The Morgan fingerprint density at radius 2 is 1.83 bits per heavy atom. The van der Waals surface area contributed by atoms with Crippen LogP contribution in [0.2, 0.25) is 0 Å². The number of likely N-dealkylation sites (N-methyl/N-ethyl adjacent to an activating group) is 1. The molecular weight excluding hydrogens is 629 g/mol. The van der Waals surface area contributed by atoms with Crippen LogP contribution in [0.5, 0.6) is 5.75 Å². The zero-order chi connectivity index (χ0) is 34.1. The van der Waals surface area contributed by atoms with Crippen molar-refractivity contribution >= 4 is 39.6 Å². The van der Waals surface area contributed by atoms with Crippen molar-refractivity contribution in [3.63, 3.8) is 0 Å². The Balaban J connectivity index is 1.40. The fraction of sp³-hybridized carbons (Fsp3) is 0.333. The van der Waals surface area contributed by atoms with Crippen LogP contribution < -0.4 is 16.0 Å². The van der Waals surface area contributed by atoms with Gasteiger partial charge in [0.25, 0.3) is 5.91 Å². The summed E-state index contributed by atoms with van der Waals surface area (Å²) in [6, 6.07) is 6.63. The number of fused-ring (bicyclic) bond motifs is 3. The number of anilines is 2. The lowest BCUT2D eigenvalue weighted by Crippen LogP contribution is -2.63. The minimum atomic E-state index is -2.71. The monoisotopic (exact) mass is 663 g/mol. The van der Waals surface area contributed by atoms with Crippen LogP contribution in [0.15, 0.2) is 58.4 Å². The van der Waals surface area contributed by atoms with Crippen molar-refractivity contribution in [2.24, 2.45) is 17.6 Å². The minimum Gasteiger partial charge on any atom is -0.510 e. The molecule has 12 nitrogen and oxygen atoms in total. The molecule has 0 fully saturated rings. The second kappa shape index (κ2) is 11.5. The molecule has 0 saturated heterocycles. The molecule has 0 spiro atoms. The fourth-order valence-electron chi connectivity index (χ4n) is 7.17. The summed E-state index contributed by atoms with van der Waals surface area (Å²) < 4.78 is 13.4. The van der Waals surface area contributed by atoms with Crippen LogP contribution in [0, 0.1) is 17.7 Å². The number of nitrogens with two attached hydrogens (primary N) is 1. The molecule has 14 heteroatoms. The van der Waals surface area contributed by atoms with Gasteiger partial charge in [-0.2, -0.15) is 0 Å². The predicted octanol–water partition coefficient (Wildman–Crippen LogP) is 3.06. The van der Waals surface area contributed by atoms with E-state index in [1.165, 1.54) is 28.4 Å². The van der Waals surface area contributed by atoms with E-state index in [2.05, 4.69) is 10.3 Å². The van der Waals surface area contributed by atoms with Crippen LogP contribution in [0.4, 0.5) is 15.2 Å². The van der Waals surface area contributed by atoms with Gasteiger partial charge in [-0.1, -0.05) is 0 Å². The maximum atomic E-state index is 14.2. The number of aromatic nitrogens is 1. The largest absolute Gasteiger partial charge is 0.510 e. The van der Waals surface area contributed by atoms with E-state index in [-0.39, 0.29) is 42.1 Å². The molecule has 0 aliphatic heterocycles. The quantitative estimate of drug-likeness (QED) is 0.204. The number of allylic oxidation sites excluding steroid dienone is 1. The number of carbonyl (C=O) groups excluding carboxylic acids is 3. The third-order valence-corrected chi connectivity index (χ3v) is 10.1. The number of halogens is 1. The smallest absolute Gasteiger partial charge is 0.255 e. The fourth-order valence-corrected chi connectivity index (χ4v) is 7.88. The molecule has 1 aromatic heterocycles. The molecule has 3 aliphatic rings. The van der Waals surface area contributed by atoms with Gasteiger partial charge < -0.3 is 36.4 Å². The maximum Gasteiger partial charge on any atom is 0.255 e. The Morgan fingerprint density at radius 1 is 1.15 bits per heavy atom. The third kappa shape index (κ3) is 4.94. The standard InChI is InChI=1S/C33H34FN5O7S/c1-38(2)21-11-16(12-36-32-37-20(13-47-32)14-5-7-17(34)8-6-14)26(40)23-18(21)9-15-10-19-25(39(3)4)28(42)24(31(35)45)30(44)33(19,46)29(43)22(15)27(23)41/h5-8,11,13,15,19,25,40,42-43,46H,9-10,12H2,1-4H3,(H2,35,45)(H,36,37)/t15-,19-,25?,33-/m0/s1. The first-order chi connectivity index (χ1) is 22.2. The number of aliphatic hydroxyl groups is 3. The molecular formula is C33H34FN5O7S. The summed E-state index contributed by atoms with van der Waals surface area (Å²) in [6.07, 6.45) is 0.181. The van der Waals surface area contributed by atoms with Crippen molar-refractivity contribution in [2.45, 2.75) is 31.0 Å². The molecule has 0 bridgehead atoms. The second-order valence-corrected chi connectivity index (χ2v) is 13.4. The van der Waals surface area contributed by atoms with E-state index in [4.69, 9.17) is 5.73 Å². The molecule has 3 aromatic rings. The summed E-state index contributed by atoms with van der Waals surface area (Å²) in [4.78, 5) is 47.9. The highest BCUT2D eigenvalue weighted by Crippen LogP contribution is 2.53. The number of thiazole rings is 1. The highest BCUT2D eigenvalue weighted by molar-refractivity contribution is 7.14. The van der Waals surface area contributed by atoms with Crippen molar-refractivity contribution in [3.05, 3.63) is 80.9 Å². The van der Waals surface area contributed by atoms with Crippen molar-refractivity contribution in [2.75, 3.05) is 38.4 Å². The normalized spacial score (nSPS) is 23.9. The number of benzene rings is 2. The lowest BCUT2D eigenvalue weighted by Gasteiger charge is -2.50. The van der Waals surface area contributed by atoms with Crippen molar-refractivity contribution in [1.82, 2.24) is 9.88 Å². The molecule has 3 aliphatic carbocycles. The summed E-state index contributed by atoms with van der Waals surface area (Å²) in [7, 11) is 6.76. The van der Waals surface area contributed by atoms with Crippen molar-refractivity contribution in [3.8, 4) is 17.0 Å². The van der Waals surface area contributed by atoms with Crippen LogP contribution >= 0.6 is 11.3 Å². The van der Waals surface area contributed by atoms with Gasteiger partial charge in [-0.25, -0.2) is 9.37 Å². The molecule has 1 heterocycles. The van der Waals surface area contributed by atoms with Gasteiger partial charge in [0.15, 0.2) is 16.5 Å². The van der Waals surface area contributed by atoms with Crippen molar-refractivity contribution < 1.29 is 39.2 Å². The number of rotatable bonds is 7. The summed E-state index contributed by atoms with van der Waals surface area (Å²) in [5, 5.41) is 51.4. The number of hydrogen-bond donors (Lipinski definition) is 6. The lowest BCUT2D eigenvalue weighted by molar-refractivity contribution is -0.148. The number of hydrogen-bond acceptors (Lipinski definition) is 12. The van der Waals surface area contributed by atoms with E-state index in [0.717, 1.165) is 5.56 Å². The first-order valence-electron chi connectivity index (χ1n) is 14.8. The second-order valence-electron chi connectivity index (χ2n) is 12.5. The number of primary amides is 1. The maximum absolute atomic E-state index is 14.2. The molecule has 7 N–H and O–H groups in total. The number of aliphatic hydroxyl groups excluding tert-OH is 2. The van der Waals surface area contributed by atoms with E-state index >= 15 is 0 Å². The molecule has 4 atom stereocenters. The van der Waals surface area contributed by atoms with Gasteiger partial charge in [0.05, 0.1) is 17.3 Å². The number of Topliss-reactive ketones (excluding diaryl/α,β-unsaturated/α-hetero) is 2. The molecule has 0 saturated carbocycles. The number of nitrogens with one attached hydrogen (secondary N) is 1. The van der Waals surface area contributed by atoms with Crippen LogP contribution in [-0.4, -0.2) is 87.6 Å². The Kier molecular flexibility index (Phi) is 7.85. The summed E-state index contributed by atoms with van der Waals surface area (Å²) >= 11 is 1.31. The van der Waals surface area contributed by atoms with Crippen molar-refractivity contribution in [1.29, 1.82) is 0 Å². The van der Waals surface area contributed by atoms with Crippen LogP contribution in [0.3, 0.4) is 0 Å². The Bertz CT molecular complexity index is 1900. The Morgan fingerprint density at radius 3 is 2.45 bits per heavy atom. The molecule has 1 unspecified atom stereocenters. The summed E-state index contributed by atoms with van der Waals surface area (Å²) in [6.45, 7) is 0.0686. The Labute approximate surface area is 273 Å². The minimum absolute atomic E-state index is 0.00311. The Hall–Kier alpha value is -4.79. The van der Waals surface area contributed by atoms with Gasteiger partial charge in [-0.15, -0.1) is 11.3 Å². The van der Waals surface area contributed by atoms with Gasteiger partial charge >= 0.3 is 0 Å². The van der Waals surface area contributed by atoms with Gasteiger partial charge in [-0.3, -0.25) is 19.3 Å². The van der Waals surface area contributed by atoms with Crippen LogP contribution in [-0.2, 0) is 22.6 Å². The number of ketones is 2. The highest BCUT2D eigenvalue weighted by Gasteiger charge is 2.63. The molecule has 47 heavy (non-hydrogen) atoms. The lowest BCUT2D eigenvalue weighted by atomic mass is 9.58. The van der Waals surface area contributed by atoms with E-state index in [1.807, 2.05) is 0 Å². The van der Waals surface area contributed by atoms with E-state index < -0.39 is 58.0 Å². The number of carbonyl (C=O) groups is 3.